The van der Waals surface area contributed by atoms with E-state index in [4.69, 9.17) is 9.15 Å². The van der Waals surface area contributed by atoms with Crippen molar-refractivity contribution in [1.82, 2.24) is 15.1 Å². The Bertz CT molecular complexity index is 876. The Morgan fingerprint density at radius 1 is 1.20 bits per heavy atom. The molecule has 0 unspecified atom stereocenters. The molecule has 2 aliphatic heterocycles. The number of carbonyl (C=O) groups is 2. The molecule has 160 valence electrons. The van der Waals surface area contributed by atoms with Gasteiger partial charge in [-0.15, -0.1) is 0 Å². The summed E-state index contributed by atoms with van der Waals surface area (Å²) in [5.74, 6) is -0.265. The lowest BCUT2D eigenvalue weighted by molar-refractivity contribution is -0.180. The molecule has 2 fully saturated rings. The van der Waals surface area contributed by atoms with Crippen LogP contribution in [0.2, 0.25) is 0 Å². The van der Waals surface area contributed by atoms with Gasteiger partial charge in [-0.1, -0.05) is 12.1 Å². The number of halogens is 1. The molecule has 1 atom stereocenters. The van der Waals surface area contributed by atoms with Crippen LogP contribution in [-0.4, -0.2) is 66.5 Å². The third-order valence-electron chi connectivity index (χ3n) is 5.79. The van der Waals surface area contributed by atoms with Crippen molar-refractivity contribution in [3.05, 3.63) is 59.8 Å². The zero-order valence-corrected chi connectivity index (χ0v) is 17.0. The molecule has 2 saturated heterocycles. The number of nitrogens with one attached hydrogen (secondary N) is 1. The monoisotopic (exact) mass is 415 g/mol. The molecule has 0 saturated carbocycles. The van der Waals surface area contributed by atoms with Crippen LogP contribution < -0.4 is 5.32 Å². The minimum Gasteiger partial charge on any atom is -0.459 e. The van der Waals surface area contributed by atoms with Crippen LogP contribution in [-0.2, 0) is 16.1 Å². The quantitative estimate of drug-likeness (QED) is 0.827. The Morgan fingerprint density at radius 3 is 2.60 bits per heavy atom. The SMILES string of the molecule is CN1C[C@@H](C(=O)NCc2ccc(F)cc2)OC2(CCN(C(=O)c3ccco3)CC2)C1. The van der Waals surface area contributed by atoms with Gasteiger partial charge < -0.3 is 24.3 Å². The second-order valence-electron chi connectivity index (χ2n) is 8.10. The van der Waals surface area contributed by atoms with E-state index in [2.05, 4.69) is 10.2 Å². The average molecular weight is 415 g/mol. The number of rotatable bonds is 4. The zero-order valence-electron chi connectivity index (χ0n) is 17.0. The van der Waals surface area contributed by atoms with Crippen molar-refractivity contribution in [1.29, 1.82) is 0 Å². The van der Waals surface area contributed by atoms with Gasteiger partial charge in [-0.3, -0.25) is 9.59 Å². The van der Waals surface area contributed by atoms with E-state index in [1.807, 2.05) is 7.05 Å². The zero-order chi connectivity index (χ0) is 21.1. The van der Waals surface area contributed by atoms with E-state index in [0.717, 1.165) is 12.1 Å². The summed E-state index contributed by atoms with van der Waals surface area (Å²) in [7, 11) is 1.98. The molecular weight excluding hydrogens is 389 g/mol. The van der Waals surface area contributed by atoms with Gasteiger partial charge in [0.1, 0.15) is 11.9 Å². The number of ether oxygens (including phenoxy) is 1. The van der Waals surface area contributed by atoms with E-state index in [1.165, 1.54) is 18.4 Å². The number of benzene rings is 1. The number of furan rings is 1. The van der Waals surface area contributed by atoms with E-state index in [9.17, 15) is 14.0 Å². The molecule has 2 amide bonds. The van der Waals surface area contributed by atoms with Crippen LogP contribution in [0.3, 0.4) is 0 Å². The smallest absolute Gasteiger partial charge is 0.289 e. The van der Waals surface area contributed by atoms with E-state index in [0.29, 0.717) is 44.8 Å². The Hall–Kier alpha value is -2.71. The summed E-state index contributed by atoms with van der Waals surface area (Å²) in [5, 5.41) is 2.89. The summed E-state index contributed by atoms with van der Waals surface area (Å²) in [6.07, 6.45) is 2.22. The molecule has 8 heteroatoms. The molecule has 1 aromatic carbocycles. The van der Waals surface area contributed by atoms with Gasteiger partial charge in [0.25, 0.3) is 11.8 Å². The minimum atomic E-state index is -0.587. The van der Waals surface area contributed by atoms with Gasteiger partial charge in [-0.05, 0) is 49.7 Å². The van der Waals surface area contributed by atoms with E-state index >= 15 is 0 Å². The molecule has 0 aliphatic carbocycles. The Balaban J connectivity index is 1.34. The molecule has 0 bridgehead atoms. The Kier molecular flexibility index (Phi) is 5.87. The van der Waals surface area contributed by atoms with E-state index < -0.39 is 11.7 Å². The molecule has 2 aromatic rings. The fraction of sp³-hybridized carbons (Fsp3) is 0.455. The highest BCUT2D eigenvalue weighted by Crippen LogP contribution is 2.32. The first-order chi connectivity index (χ1) is 14.4. The second-order valence-corrected chi connectivity index (χ2v) is 8.10. The number of likely N-dealkylation sites (tertiary alicyclic amines) is 1. The van der Waals surface area contributed by atoms with Crippen molar-refractivity contribution in [3.63, 3.8) is 0 Å². The summed E-state index contributed by atoms with van der Waals surface area (Å²) in [6.45, 7) is 2.65. The lowest BCUT2D eigenvalue weighted by atomic mass is 9.88. The fourth-order valence-electron chi connectivity index (χ4n) is 4.21. The molecule has 4 rings (SSSR count). The maximum absolute atomic E-state index is 13.0. The molecule has 30 heavy (non-hydrogen) atoms. The van der Waals surface area contributed by atoms with Gasteiger partial charge in [-0.2, -0.15) is 0 Å². The maximum atomic E-state index is 13.0. The molecule has 3 heterocycles. The topological polar surface area (TPSA) is 75.0 Å². The number of carbonyl (C=O) groups excluding carboxylic acids is 2. The predicted octanol–water partition coefficient (Wildman–Crippen LogP) is 2.04. The van der Waals surface area contributed by atoms with Gasteiger partial charge in [0.2, 0.25) is 0 Å². The Labute approximate surface area is 174 Å². The minimum absolute atomic E-state index is 0.118. The standard InChI is InChI=1S/C22H26FN3O4/c1-25-14-19(20(27)24-13-16-4-6-17(23)7-5-16)30-22(15-25)8-10-26(11-9-22)21(28)18-3-2-12-29-18/h2-7,12,19H,8-11,13-15H2,1H3,(H,24,27)/t19-/m0/s1. The van der Waals surface area contributed by atoms with Crippen LogP contribution in [0.4, 0.5) is 4.39 Å². The third kappa shape index (κ3) is 4.55. The summed E-state index contributed by atoms with van der Waals surface area (Å²) in [6, 6.07) is 9.41. The van der Waals surface area contributed by atoms with Crippen LogP contribution in [0.25, 0.3) is 0 Å². The summed E-state index contributed by atoms with van der Waals surface area (Å²) in [5.41, 5.74) is 0.374. The van der Waals surface area contributed by atoms with Gasteiger partial charge in [0.05, 0.1) is 11.9 Å². The van der Waals surface area contributed by atoms with Crippen molar-refractivity contribution >= 4 is 11.8 Å². The first kappa shape index (κ1) is 20.6. The number of morpholine rings is 1. The van der Waals surface area contributed by atoms with Crippen LogP contribution >= 0.6 is 0 Å². The number of likely N-dealkylation sites (N-methyl/N-ethyl adjacent to an activating group) is 1. The highest BCUT2D eigenvalue weighted by Gasteiger charge is 2.44. The third-order valence-corrected chi connectivity index (χ3v) is 5.79. The van der Waals surface area contributed by atoms with Crippen molar-refractivity contribution in [2.45, 2.75) is 31.1 Å². The van der Waals surface area contributed by atoms with Crippen molar-refractivity contribution in [2.24, 2.45) is 0 Å². The molecule has 1 N–H and O–H groups in total. The maximum Gasteiger partial charge on any atom is 0.289 e. The first-order valence-electron chi connectivity index (χ1n) is 10.2. The van der Waals surface area contributed by atoms with Crippen molar-refractivity contribution in [2.75, 3.05) is 33.2 Å². The fourth-order valence-corrected chi connectivity index (χ4v) is 4.21. The molecule has 1 spiro atoms. The number of amides is 2. The van der Waals surface area contributed by atoms with Gasteiger partial charge in [-0.25, -0.2) is 4.39 Å². The number of hydrogen-bond acceptors (Lipinski definition) is 5. The van der Waals surface area contributed by atoms with Crippen LogP contribution in [0, 0.1) is 5.82 Å². The molecule has 2 aliphatic rings. The predicted molar refractivity (Wildman–Crippen MR) is 107 cm³/mol. The summed E-state index contributed by atoms with van der Waals surface area (Å²) < 4.78 is 24.6. The van der Waals surface area contributed by atoms with Gasteiger partial charge >= 0.3 is 0 Å². The molecule has 0 radical (unpaired) electrons. The Morgan fingerprint density at radius 2 is 1.93 bits per heavy atom. The summed E-state index contributed by atoms with van der Waals surface area (Å²) in [4.78, 5) is 29.1. The van der Waals surface area contributed by atoms with Crippen molar-refractivity contribution < 1.29 is 23.1 Å². The highest BCUT2D eigenvalue weighted by molar-refractivity contribution is 5.91. The largest absolute Gasteiger partial charge is 0.459 e. The number of nitrogens with zero attached hydrogens (tertiary/aromatic N) is 2. The highest BCUT2D eigenvalue weighted by atomic mass is 19.1. The van der Waals surface area contributed by atoms with Crippen LogP contribution in [0.1, 0.15) is 29.0 Å². The molecular formula is C22H26FN3O4. The molecule has 1 aromatic heterocycles. The van der Waals surface area contributed by atoms with Crippen LogP contribution in [0.15, 0.2) is 47.1 Å². The van der Waals surface area contributed by atoms with Crippen LogP contribution in [0.5, 0.6) is 0 Å². The summed E-state index contributed by atoms with van der Waals surface area (Å²) >= 11 is 0. The van der Waals surface area contributed by atoms with Crippen molar-refractivity contribution in [3.8, 4) is 0 Å². The molecule has 7 nitrogen and oxygen atoms in total. The second kappa shape index (κ2) is 8.57. The van der Waals surface area contributed by atoms with E-state index in [-0.39, 0.29) is 17.6 Å². The number of hydrogen-bond donors (Lipinski definition) is 1. The first-order valence-corrected chi connectivity index (χ1v) is 10.2. The van der Waals surface area contributed by atoms with E-state index in [1.54, 1.807) is 29.2 Å². The number of piperidine rings is 1. The normalized spacial score (nSPS) is 21.5. The van der Waals surface area contributed by atoms with Gasteiger partial charge in [0, 0.05) is 32.7 Å². The lowest BCUT2D eigenvalue weighted by Crippen LogP contribution is -2.61. The lowest BCUT2D eigenvalue weighted by Gasteiger charge is -2.48. The average Bonchev–Trinajstić information content (AvgIpc) is 3.27. The van der Waals surface area contributed by atoms with Gasteiger partial charge in [0.15, 0.2) is 5.76 Å².